The Hall–Kier alpha value is -2.08. The lowest BCUT2D eigenvalue weighted by atomic mass is 10.0. The van der Waals surface area contributed by atoms with E-state index in [1.165, 1.54) is 7.11 Å². The number of phenolic OH excluding ortho intramolecular Hbond substituents is 1. The number of aryl methyl sites for hydroxylation is 1. The number of hydrogen-bond acceptors (Lipinski definition) is 5. The van der Waals surface area contributed by atoms with E-state index in [-0.39, 0.29) is 24.1 Å². The summed E-state index contributed by atoms with van der Waals surface area (Å²) in [6, 6.07) is 5.12. The van der Waals surface area contributed by atoms with Crippen LogP contribution in [0.3, 0.4) is 0 Å². The number of methoxy groups -OCH3 is 1. The Kier molecular flexibility index (Phi) is 11.2. The summed E-state index contributed by atoms with van der Waals surface area (Å²) in [6.45, 7) is 2.50. The van der Waals surface area contributed by atoms with Gasteiger partial charge in [-0.3, -0.25) is 9.59 Å². The highest BCUT2D eigenvalue weighted by atomic mass is 16.5. The van der Waals surface area contributed by atoms with Crippen molar-refractivity contribution in [2.24, 2.45) is 0 Å². The number of Topliss-reactive ketones (excluding diaryl/α,β-unsaturated/α-hetero) is 1. The third-order valence-electron chi connectivity index (χ3n) is 4.46. The Morgan fingerprint density at radius 1 is 1.11 bits per heavy atom. The number of aliphatic carboxylic acids is 1. The predicted molar refractivity (Wildman–Crippen MR) is 103 cm³/mol. The molecule has 152 valence electrons. The molecule has 6 nitrogen and oxygen atoms in total. The van der Waals surface area contributed by atoms with Crippen molar-refractivity contribution < 1.29 is 29.3 Å². The molecule has 6 heteroatoms. The van der Waals surface area contributed by atoms with Crippen molar-refractivity contribution >= 4 is 11.8 Å². The number of unbranched alkanes of at least 4 members (excludes halogenated alkanes) is 3. The number of carboxylic acids is 1. The fourth-order valence-corrected chi connectivity index (χ4v) is 3.00. The maximum Gasteiger partial charge on any atom is 0.303 e. The van der Waals surface area contributed by atoms with Crippen molar-refractivity contribution in [3.8, 4) is 11.5 Å². The van der Waals surface area contributed by atoms with Crippen LogP contribution in [0.2, 0.25) is 0 Å². The number of carboxylic acid groups (broad SMARTS) is 1. The molecule has 2 N–H and O–H groups in total. The van der Waals surface area contributed by atoms with E-state index in [1.54, 1.807) is 18.2 Å². The van der Waals surface area contributed by atoms with Crippen LogP contribution in [0.15, 0.2) is 18.2 Å². The van der Waals surface area contributed by atoms with E-state index >= 15 is 0 Å². The van der Waals surface area contributed by atoms with Crippen LogP contribution in [-0.2, 0) is 20.7 Å². The number of hydrogen-bond donors (Lipinski definition) is 2. The lowest BCUT2D eigenvalue weighted by molar-refractivity contribution is -0.137. The number of rotatable bonds is 15. The summed E-state index contributed by atoms with van der Waals surface area (Å²) in [6.07, 6.45) is 5.87. The van der Waals surface area contributed by atoms with Gasteiger partial charge in [0.05, 0.1) is 13.2 Å². The first-order chi connectivity index (χ1) is 13.0. The van der Waals surface area contributed by atoms with Gasteiger partial charge in [0.25, 0.3) is 0 Å². The van der Waals surface area contributed by atoms with E-state index in [0.29, 0.717) is 38.0 Å². The average molecular weight is 380 g/mol. The molecule has 0 aliphatic heterocycles. The molecule has 0 saturated heterocycles. The molecule has 0 aliphatic carbocycles. The van der Waals surface area contributed by atoms with Crippen molar-refractivity contribution in [2.75, 3.05) is 13.7 Å². The summed E-state index contributed by atoms with van der Waals surface area (Å²) in [5.74, 6) is -0.0900. The minimum Gasteiger partial charge on any atom is -0.504 e. The zero-order chi connectivity index (χ0) is 20.1. The van der Waals surface area contributed by atoms with Gasteiger partial charge in [0.1, 0.15) is 5.78 Å². The molecule has 1 atom stereocenters. The second-order valence-corrected chi connectivity index (χ2v) is 6.67. The first-order valence-corrected chi connectivity index (χ1v) is 9.67. The average Bonchev–Trinajstić information content (AvgIpc) is 2.63. The zero-order valence-corrected chi connectivity index (χ0v) is 16.4. The van der Waals surface area contributed by atoms with Gasteiger partial charge in [-0.2, -0.15) is 0 Å². The Balaban J connectivity index is 2.34. The molecule has 1 aromatic carbocycles. The van der Waals surface area contributed by atoms with Gasteiger partial charge in [-0.15, -0.1) is 0 Å². The Labute approximate surface area is 161 Å². The monoisotopic (exact) mass is 380 g/mol. The Morgan fingerprint density at radius 3 is 2.52 bits per heavy atom. The molecule has 0 fully saturated rings. The summed E-state index contributed by atoms with van der Waals surface area (Å²) in [7, 11) is 1.50. The fraction of sp³-hybridized carbons (Fsp3) is 0.619. The standard InChI is InChI=1S/C21H32O6/c1-3-27-18(8-6-4-5-7-9-21(24)25)15-17(22)12-10-16-11-13-19(23)20(14-16)26-2/h11,13-14,18,23H,3-10,12,15H2,1-2H3,(H,24,25). The number of phenols is 1. The van der Waals surface area contributed by atoms with Gasteiger partial charge < -0.3 is 19.7 Å². The number of carbonyl (C=O) groups is 2. The highest BCUT2D eigenvalue weighted by Crippen LogP contribution is 2.27. The van der Waals surface area contributed by atoms with E-state index in [9.17, 15) is 14.7 Å². The Bertz CT molecular complexity index is 584. The molecule has 0 heterocycles. The maximum atomic E-state index is 12.3. The number of carbonyl (C=O) groups excluding carboxylic acids is 1. The number of benzene rings is 1. The first-order valence-electron chi connectivity index (χ1n) is 9.67. The van der Waals surface area contributed by atoms with E-state index in [1.807, 2.05) is 6.92 Å². The van der Waals surface area contributed by atoms with Gasteiger partial charge in [-0.1, -0.05) is 25.3 Å². The summed E-state index contributed by atoms with van der Waals surface area (Å²) >= 11 is 0. The molecule has 0 amide bonds. The minimum absolute atomic E-state index is 0.0728. The molecule has 0 aromatic heterocycles. The molecule has 1 aromatic rings. The van der Waals surface area contributed by atoms with Gasteiger partial charge in [-0.05, 0) is 43.9 Å². The van der Waals surface area contributed by atoms with Crippen LogP contribution < -0.4 is 4.74 Å². The van der Waals surface area contributed by atoms with Crippen LogP contribution in [0.1, 0.15) is 63.9 Å². The maximum absolute atomic E-state index is 12.3. The molecule has 0 saturated carbocycles. The zero-order valence-electron chi connectivity index (χ0n) is 16.4. The number of aromatic hydroxyl groups is 1. The minimum atomic E-state index is -0.751. The lowest BCUT2D eigenvalue weighted by Gasteiger charge is -2.16. The van der Waals surface area contributed by atoms with Crippen molar-refractivity contribution in [3.05, 3.63) is 23.8 Å². The van der Waals surface area contributed by atoms with Gasteiger partial charge >= 0.3 is 5.97 Å². The molecule has 0 aliphatic rings. The first kappa shape index (κ1) is 23.0. The molecule has 0 spiro atoms. The van der Waals surface area contributed by atoms with Crippen molar-refractivity contribution in [3.63, 3.8) is 0 Å². The van der Waals surface area contributed by atoms with E-state index in [4.69, 9.17) is 14.6 Å². The quantitative estimate of drug-likeness (QED) is 0.445. The fourth-order valence-electron chi connectivity index (χ4n) is 3.00. The SMILES string of the molecule is CCOC(CCCCCCC(=O)O)CC(=O)CCc1ccc(O)c(OC)c1. The topological polar surface area (TPSA) is 93.1 Å². The van der Waals surface area contributed by atoms with E-state index in [0.717, 1.165) is 31.2 Å². The van der Waals surface area contributed by atoms with Gasteiger partial charge in [-0.25, -0.2) is 0 Å². The van der Waals surface area contributed by atoms with E-state index < -0.39 is 5.97 Å². The second-order valence-electron chi connectivity index (χ2n) is 6.67. The highest BCUT2D eigenvalue weighted by molar-refractivity contribution is 5.79. The van der Waals surface area contributed by atoms with Crippen LogP contribution in [-0.4, -0.2) is 41.8 Å². The van der Waals surface area contributed by atoms with Gasteiger partial charge in [0, 0.05) is 25.9 Å². The third kappa shape index (κ3) is 9.99. The summed E-state index contributed by atoms with van der Waals surface area (Å²) in [5.41, 5.74) is 0.949. The van der Waals surface area contributed by atoms with Crippen LogP contribution in [0.4, 0.5) is 0 Å². The molecule has 27 heavy (non-hydrogen) atoms. The molecule has 0 radical (unpaired) electrons. The van der Waals surface area contributed by atoms with Crippen molar-refractivity contribution in [1.82, 2.24) is 0 Å². The normalized spacial score (nSPS) is 11.9. The molecule has 1 unspecified atom stereocenters. The largest absolute Gasteiger partial charge is 0.504 e. The molecule has 0 bridgehead atoms. The summed E-state index contributed by atoms with van der Waals surface area (Å²) < 4.78 is 10.8. The Morgan fingerprint density at radius 2 is 1.85 bits per heavy atom. The van der Waals surface area contributed by atoms with Gasteiger partial charge in [0.15, 0.2) is 11.5 Å². The van der Waals surface area contributed by atoms with E-state index in [2.05, 4.69) is 0 Å². The van der Waals surface area contributed by atoms with Crippen molar-refractivity contribution in [2.45, 2.75) is 70.8 Å². The number of ether oxygens (including phenoxy) is 2. The third-order valence-corrected chi connectivity index (χ3v) is 4.46. The van der Waals surface area contributed by atoms with Crippen LogP contribution in [0.5, 0.6) is 11.5 Å². The smallest absolute Gasteiger partial charge is 0.303 e. The predicted octanol–water partition coefficient (Wildman–Crippen LogP) is 4.12. The molecular formula is C21H32O6. The molecule has 1 rings (SSSR count). The summed E-state index contributed by atoms with van der Waals surface area (Å²) in [5, 5.41) is 18.2. The lowest BCUT2D eigenvalue weighted by Crippen LogP contribution is -2.18. The summed E-state index contributed by atoms with van der Waals surface area (Å²) in [4.78, 5) is 22.8. The van der Waals surface area contributed by atoms with Crippen LogP contribution >= 0.6 is 0 Å². The molecular weight excluding hydrogens is 348 g/mol. The number of ketones is 1. The second kappa shape index (κ2) is 13.1. The van der Waals surface area contributed by atoms with Gasteiger partial charge in [0.2, 0.25) is 0 Å². The van der Waals surface area contributed by atoms with Crippen molar-refractivity contribution in [1.29, 1.82) is 0 Å². The van der Waals surface area contributed by atoms with Crippen LogP contribution in [0.25, 0.3) is 0 Å². The highest BCUT2D eigenvalue weighted by Gasteiger charge is 2.14. The van der Waals surface area contributed by atoms with Crippen LogP contribution in [0, 0.1) is 0 Å².